The van der Waals surface area contributed by atoms with E-state index in [1.807, 2.05) is 10.9 Å². The van der Waals surface area contributed by atoms with Crippen molar-refractivity contribution in [3.63, 3.8) is 0 Å². The van der Waals surface area contributed by atoms with Crippen LogP contribution in [0.5, 0.6) is 5.75 Å². The lowest BCUT2D eigenvalue weighted by Gasteiger charge is -2.08. The Labute approximate surface area is 129 Å². The third kappa shape index (κ3) is 6.64. The summed E-state index contributed by atoms with van der Waals surface area (Å²) in [5, 5.41) is 8.96. The molecule has 1 aromatic rings. The van der Waals surface area contributed by atoms with E-state index >= 15 is 0 Å². The van der Waals surface area contributed by atoms with Gasteiger partial charge >= 0.3 is 5.97 Å². The van der Waals surface area contributed by atoms with Crippen LogP contribution in [0.25, 0.3) is 0 Å². The zero-order valence-electron chi connectivity index (χ0n) is 10.4. The average Bonchev–Trinajstić information content (AvgIpc) is 2.41. The summed E-state index contributed by atoms with van der Waals surface area (Å²) in [6.07, 6.45) is 1.38. The predicted molar refractivity (Wildman–Crippen MR) is 75.0 cm³/mol. The maximum absolute atomic E-state index is 11.4. The molecule has 0 aliphatic rings. The molecule has 0 heterocycles. The van der Waals surface area contributed by atoms with Crippen molar-refractivity contribution in [3.05, 3.63) is 40.4 Å². The molecule has 3 N–H and O–H groups in total. The first-order valence-corrected chi connectivity index (χ1v) is 6.21. The maximum atomic E-state index is 11.4. The van der Waals surface area contributed by atoms with Crippen LogP contribution in [0.2, 0.25) is 10.0 Å². The Morgan fingerprint density at radius 3 is 2.52 bits per heavy atom. The number of carbonyl (C=O) groups excluding carboxylic acids is 2. The standard InChI is InChI=1S/C12H10Cl2N2O5/c13-7-1-2-9(8(14)5-7)21-6-11(18)16-15-10(17)3-4-12(19)20/h1-5H,6H2,(H,15,17)(H,16,18)(H,19,20)/b4-3+. The number of benzene rings is 1. The molecule has 0 radical (unpaired) electrons. The Morgan fingerprint density at radius 1 is 1.19 bits per heavy atom. The van der Waals surface area contributed by atoms with E-state index in [0.29, 0.717) is 11.1 Å². The number of carbonyl (C=O) groups is 3. The van der Waals surface area contributed by atoms with Gasteiger partial charge in [-0.25, -0.2) is 4.79 Å². The van der Waals surface area contributed by atoms with Gasteiger partial charge in [-0.3, -0.25) is 20.4 Å². The topological polar surface area (TPSA) is 105 Å². The molecule has 1 rings (SSSR count). The van der Waals surface area contributed by atoms with Gasteiger partial charge < -0.3 is 9.84 Å². The fourth-order valence-corrected chi connectivity index (χ4v) is 1.55. The molecule has 21 heavy (non-hydrogen) atoms. The molecule has 112 valence electrons. The quantitative estimate of drug-likeness (QED) is 0.554. The number of carboxylic acid groups (broad SMARTS) is 1. The number of amides is 2. The Bertz CT molecular complexity index is 589. The van der Waals surface area contributed by atoms with E-state index < -0.39 is 24.4 Å². The van der Waals surface area contributed by atoms with Gasteiger partial charge in [-0.05, 0) is 18.2 Å². The fourth-order valence-electron chi connectivity index (χ4n) is 1.09. The van der Waals surface area contributed by atoms with Crippen molar-refractivity contribution >= 4 is 41.0 Å². The lowest BCUT2D eigenvalue weighted by atomic mass is 10.3. The summed E-state index contributed by atoms with van der Waals surface area (Å²) < 4.78 is 5.12. The number of halogens is 2. The first-order valence-electron chi connectivity index (χ1n) is 5.46. The van der Waals surface area contributed by atoms with Crippen molar-refractivity contribution in [2.24, 2.45) is 0 Å². The lowest BCUT2D eigenvalue weighted by molar-refractivity contribution is -0.131. The second-order valence-electron chi connectivity index (χ2n) is 3.57. The molecule has 0 saturated carbocycles. The van der Waals surface area contributed by atoms with Gasteiger partial charge in [0.15, 0.2) is 6.61 Å². The molecule has 0 fully saturated rings. The molecule has 0 aliphatic heterocycles. The Balaban J connectivity index is 2.37. The Kier molecular flexibility index (Phi) is 6.51. The highest BCUT2D eigenvalue weighted by Gasteiger charge is 2.07. The smallest absolute Gasteiger partial charge is 0.328 e. The van der Waals surface area contributed by atoms with E-state index in [0.717, 1.165) is 6.08 Å². The lowest BCUT2D eigenvalue weighted by Crippen LogP contribution is -2.43. The van der Waals surface area contributed by atoms with Crippen LogP contribution in [-0.4, -0.2) is 29.5 Å². The third-order valence-electron chi connectivity index (χ3n) is 1.96. The minimum absolute atomic E-state index is 0.240. The highest BCUT2D eigenvalue weighted by atomic mass is 35.5. The summed E-state index contributed by atoms with van der Waals surface area (Å²) in [4.78, 5) is 32.6. The third-order valence-corrected chi connectivity index (χ3v) is 2.49. The molecular formula is C12H10Cl2N2O5. The van der Waals surface area contributed by atoms with E-state index in [-0.39, 0.29) is 10.8 Å². The molecule has 2 amide bonds. The van der Waals surface area contributed by atoms with Crippen LogP contribution >= 0.6 is 23.2 Å². The van der Waals surface area contributed by atoms with Crippen molar-refractivity contribution < 1.29 is 24.2 Å². The van der Waals surface area contributed by atoms with Crippen molar-refractivity contribution in [1.82, 2.24) is 10.9 Å². The summed E-state index contributed by atoms with van der Waals surface area (Å²) in [6, 6.07) is 4.49. The largest absolute Gasteiger partial charge is 0.482 e. The van der Waals surface area contributed by atoms with Crippen LogP contribution in [0, 0.1) is 0 Å². The van der Waals surface area contributed by atoms with Crippen molar-refractivity contribution in [2.45, 2.75) is 0 Å². The van der Waals surface area contributed by atoms with Gasteiger partial charge in [0.25, 0.3) is 11.8 Å². The number of rotatable bonds is 5. The van der Waals surface area contributed by atoms with Gasteiger partial charge in [0, 0.05) is 17.2 Å². The summed E-state index contributed by atoms with van der Waals surface area (Å²) in [5.41, 5.74) is 4.01. The molecule has 0 saturated heterocycles. The SMILES string of the molecule is O=C(O)/C=C/C(=O)NNC(=O)COc1ccc(Cl)cc1Cl. The van der Waals surface area contributed by atoms with Crippen LogP contribution in [0.1, 0.15) is 0 Å². The second kappa shape index (κ2) is 8.13. The van der Waals surface area contributed by atoms with Crippen LogP contribution in [0.3, 0.4) is 0 Å². The van der Waals surface area contributed by atoms with E-state index in [1.165, 1.54) is 12.1 Å². The molecule has 0 aromatic heterocycles. The number of hydrazine groups is 1. The molecular weight excluding hydrogens is 323 g/mol. The van der Waals surface area contributed by atoms with E-state index in [1.54, 1.807) is 6.07 Å². The summed E-state index contributed by atoms with van der Waals surface area (Å²) in [7, 11) is 0. The van der Waals surface area contributed by atoms with Gasteiger partial charge in [-0.15, -0.1) is 0 Å². The van der Waals surface area contributed by atoms with Crippen LogP contribution in [0.4, 0.5) is 0 Å². The molecule has 7 nitrogen and oxygen atoms in total. The van der Waals surface area contributed by atoms with E-state index in [9.17, 15) is 14.4 Å². The maximum Gasteiger partial charge on any atom is 0.328 e. The molecule has 0 bridgehead atoms. The molecule has 0 unspecified atom stereocenters. The minimum atomic E-state index is -1.28. The average molecular weight is 333 g/mol. The summed E-state index contributed by atoms with van der Waals surface area (Å²) >= 11 is 11.5. The fraction of sp³-hybridized carbons (Fsp3) is 0.0833. The van der Waals surface area contributed by atoms with Gasteiger partial charge in [0.05, 0.1) is 5.02 Å². The van der Waals surface area contributed by atoms with Gasteiger partial charge in [-0.1, -0.05) is 23.2 Å². The highest BCUT2D eigenvalue weighted by molar-refractivity contribution is 6.35. The number of hydrogen-bond donors (Lipinski definition) is 3. The number of carboxylic acids is 1. The molecule has 0 aliphatic carbocycles. The summed E-state index contributed by atoms with van der Waals surface area (Å²) in [5.74, 6) is -2.47. The van der Waals surface area contributed by atoms with Gasteiger partial charge in [0.1, 0.15) is 5.75 Å². The number of hydrogen-bond acceptors (Lipinski definition) is 4. The predicted octanol–water partition coefficient (Wildman–Crippen LogP) is 1.16. The normalized spacial score (nSPS) is 10.2. The summed E-state index contributed by atoms with van der Waals surface area (Å²) in [6.45, 7) is -0.399. The minimum Gasteiger partial charge on any atom is -0.482 e. The molecule has 1 aromatic carbocycles. The Morgan fingerprint density at radius 2 is 1.90 bits per heavy atom. The molecule has 9 heteroatoms. The van der Waals surface area contributed by atoms with E-state index in [2.05, 4.69) is 0 Å². The van der Waals surface area contributed by atoms with Crippen molar-refractivity contribution in [3.8, 4) is 5.75 Å². The number of ether oxygens (including phenoxy) is 1. The van der Waals surface area contributed by atoms with Gasteiger partial charge in [-0.2, -0.15) is 0 Å². The first kappa shape index (κ1) is 16.8. The van der Waals surface area contributed by atoms with Crippen LogP contribution in [-0.2, 0) is 14.4 Å². The zero-order valence-corrected chi connectivity index (χ0v) is 11.9. The molecule has 0 spiro atoms. The second-order valence-corrected chi connectivity index (χ2v) is 4.42. The first-order chi connectivity index (χ1) is 9.88. The number of nitrogens with one attached hydrogen (secondary N) is 2. The Hall–Kier alpha value is -2.25. The van der Waals surface area contributed by atoms with E-state index in [4.69, 9.17) is 33.0 Å². The van der Waals surface area contributed by atoms with Crippen LogP contribution < -0.4 is 15.6 Å². The van der Waals surface area contributed by atoms with Crippen molar-refractivity contribution in [2.75, 3.05) is 6.61 Å². The van der Waals surface area contributed by atoms with Crippen LogP contribution in [0.15, 0.2) is 30.4 Å². The highest BCUT2D eigenvalue weighted by Crippen LogP contribution is 2.27. The van der Waals surface area contributed by atoms with Crippen molar-refractivity contribution in [1.29, 1.82) is 0 Å². The van der Waals surface area contributed by atoms with Gasteiger partial charge in [0.2, 0.25) is 0 Å². The monoisotopic (exact) mass is 332 g/mol. The molecule has 0 atom stereocenters. The zero-order chi connectivity index (χ0) is 15.8. The number of aliphatic carboxylic acids is 1.